The molecule has 67 heavy (non-hydrogen) atoms. The van der Waals surface area contributed by atoms with Crippen molar-refractivity contribution in [3.8, 4) is 23.0 Å². The molecule has 0 spiro atoms. The summed E-state index contributed by atoms with van der Waals surface area (Å²) in [4.78, 5) is 32.5. The molecule has 4 aromatic heterocycles. The van der Waals surface area contributed by atoms with Gasteiger partial charge in [-0.25, -0.2) is 14.8 Å². The summed E-state index contributed by atoms with van der Waals surface area (Å²) in [5.74, 6) is 3.00. The van der Waals surface area contributed by atoms with E-state index >= 15 is 0 Å². The lowest BCUT2D eigenvalue weighted by Gasteiger charge is -2.29. The minimum absolute atomic E-state index is 0.0607. The lowest BCUT2D eigenvalue weighted by molar-refractivity contribution is 0.0270. The van der Waals surface area contributed by atoms with E-state index in [0.717, 1.165) is 136 Å². The number of aromatic nitrogens is 4. The van der Waals surface area contributed by atoms with Gasteiger partial charge in [0.25, 0.3) is 0 Å². The Morgan fingerprint density at radius 3 is 1.70 bits per heavy atom. The number of carbonyl (C=O) groups excluding carboxylic acids is 1. The monoisotopic (exact) mass is 944 g/mol. The molecule has 2 aliphatic carbocycles. The Morgan fingerprint density at radius 2 is 1.22 bits per heavy atom. The number of amides is 1. The van der Waals surface area contributed by atoms with E-state index in [4.69, 9.17) is 14.2 Å². The molecule has 352 valence electrons. The van der Waals surface area contributed by atoms with Gasteiger partial charge in [-0.2, -0.15) is 0 Å². The molecule has 0 unspecified atom stereocenters. The number of pyridine rings is 2. The first-order valence-electron chi connectivity index (χ1n) is 23.5. The SMILES string of the molecule is CC(C)(C)OC(=O)N1CC=C(c2cc(Oc3ccc4nc(N[C@@H]5CCCC[C@H]5O)sc4c3)ccn2)CC1.O[C@@H]1CCCC[C@H]1Nc1nc2ccc(Oc3ccnc(C4=CCNCC4)c3)cc2s1. The maximum Gasteiger partial charge on any atom is 0.410 e. The zero-order chi connectivity index (χ0) is 46.3. The van der Waals surface area contributed by atoms with Gasteiger partial charge in [-0.15, -0.1) is 0 Å². The summed E-state index contributed by atoms with van der Waals surface area (Å²) in [5, 5.41) is 32.3. The second kappa shape index (κ2) is 21.1. The van der Waals surface area contributed by atoms with Crippen molar-refractivity contribution in [1.82, 2.24) is 30.2 Å². The van der Waals surface area contributed by atoms with Crippen LogP contribution in [0.1, 0.15) is 96.4 Å². The topological polar surface area (TPSA) is 176 Å². The van der Waals surface area contributed by atoms with Crippen LogP contribution in [0.3, 0.4) is 0 Å². The van der Waals surface area contributed by atoms with Crippen molar-refractivity contribution in [3.05, 3.63) is 96.6 Å². The highest BCUT2D eigenvalue weighted by Crippen LogP contribution is 2.36. The van der Waals surface area contributed by atoms with Crippen LogP contribution in [0, 0.1) is 0 Å². The summed E-state index contributed by atoms with van der Waals surface area (Å²) in [6.45, 7) is 8.56. The first-order valence-corrected chi connectivity index (χ1v) is 25.2. The molecule has 10 rings (SSSR count). The van der Waals surface area contributed by atoms with Gasteiger partial charge in [0.1, 0.15) is 28.6 Å². The molecule has 0 bridgehead atoms. The Kier molecular flexibility index (Phi) is 14.6. The summed E-state index contributed by atoms with van der Waals surface area (Å²) in [6, 6.07) is 19.7. The third-order valence-electron chi connectivity index (χ3n) is 12.3. The lowest BCUT2D eigenvalue weighted by atomic mass is 9.93. The molecule has 0 radical (unpaired) electrons. The van der Waals surface area contributed by atoms with E-state index in [9.17, 15) is 15.0 Å². The normalized spacial score (nSPS) is 21.1. The molecule has 16 heteroatoms. The number of nitrogens with zero attached hydrogens (tertiary/aromatic N) is 5. The third kappa shape index (κ3) is 12.3. The molecule has 2 aromatic carbocycles. The summed E-state index contributed by atoms with van der Waals surface area (Å²) >= 11 is 3.17. The van der Waals surface area contributed by atoms with Gasteiger partial charge in [-0.1, -0.05) is 60.5 Å². The molecule has 1 amide bonds. The Bertz CT molecular complexity index is 2730. The average Bonchev–Trinajstić information content (AvgIpc) is 3.93. The minimum Gasteiger partial charge on any atom is -0.457 e. The van der Waals surface area contributed by atoms with Crippen LogP contribution in [0.4, 0.5) is 15.1 Å². The van der Waals surface area contributed by atoms with Crippen molar-refractivity contribution in [2.24, 2.45) is 0 Å². The summed E-state index contributed by atoms with van der Waals surface area (Å²) in [5.41, 5.74) is 5.51. The van der Waals surface area contributed by atoms with Crippen molar-refractivity contribution < 1.29 is 29.2 Å². The summed E-state index contributed by atoms with van der Waals surface area (Å²) in [6.07, 6.45) is 16.7. The molecule has 6 heterocycles. The fourth-order valence-corrected chi connectivity index (χ4v) is 10.7. The van der Waals surface area contributed by atoms with E-state index in [1.54, 1.807) is 40.0 Å². The smallest absolute Gasteiger partial charge is 0.410 e. The van der Waals surface area contributed by atoms with Gasteiger partial charge in [-0.3, -0.25) is 9.97 Å². The number of rotatable bonds is 10. The number of ether oxygens (including phenoxy) is 3. The van der Waals surface area contributed by atoms with Crippen LogP contribution in [0.25, 0.3) is 31.6 Å². The van der Waals surface area contributed by atoms with E-state index in [0.29, 0.717) is 25.3 Å². The fourth-order valence-electron chi connectivity index (χ4n) is 8.76. The van der Waals surface area contributed by atoms with Crippen LogP contribution in [-0.2, 0) is 4.74 Å². The van der Waals surface area contributed by atoms with E-state index < -0.39 is 5.60 Å². The van der Waals surface area contributed by atoms with Crippen molar-refractivity contribution in [2.75, 3.05) is 36.8 Å². The summed E-state index contributed by atoms with van der Waals surface area (Å²) in [7, 11) is 0. The highest BCUT2D eigenvalue weighted by molar-refractivity contribution is 7.22. The van der Waals surface area contributed by atoms with Crippen molar-refractivity contribution >= 4 is 70.6 Å². The van der Waals surface area contributed by atoms with Gasteiger partial charge < -0.3 is 45.3 Å². The fraction of sp³-hybridized carbons (Fsp3) is 0.431. The number of fused-ring (bicyclic) bond motifs is 2. The molecule has 6 aromatic rings. The second-order valence-corrected chi connectivity index (χ2v) is 20.6. The van der Waals surface area contributed by atoms with Gasteiger partial charge in [0.2, 0.25) is 0 Å². The molecule has 14 nitrogen and oxygen atoms in total. The average molecular weight is 945 g/mol. The van der Waals surface area contributed by atoms with Gasteiger partial charge in [-0.05, 0) is 113 Å². The Balaban J connectivity index is 0.000000171. The molecule has 2 saturated carbocycles. The first-order chi connectivity index (χ1) is 32.5. The molecule has 4 atom stereocenters. The summed E-state index contributed by atoms with van der Waals surface area (Å²) < 4.78 is 19.9. The number of benzene rings is 2. The predicted octanol–water partition coefficient (Wildman–Crippen LogP) is 10.8. The first kappa shape index (κ1) is 46.5. The maximum atomic E-state index is 12.3. The molecular weight excluding hydrogens is 885 g/mol. The molecule has 0 saturated heterocycles. The number of thiazole rings is 2. The Morgan fingerprint density at radius 1 is 0.701 bits per heavy atom. The van der Waals surface area contributed by atoms with Crippen LogP contribution in [0.2, 0.25) is 0 Å². The van der Waals surface area contributed by atoms with Crippen LogP contribution in [0.5, 0.6) is 23.0 Å². The second-order valence-electron chi connectivity index (χ2n) is 18.5. The van der Waals surface area contributed by atoms with E-state index in [1.165, 1.54) is 5.57 Å². The predicted molar refractivity (Wildman–Crippen MR) is 267 cm³/mol. The van der Waals surface area contributed by atoms with Gasteiger partial charge in [0.05, 0.1) is 56.1 Å². The lowest BCUT2D eigenvalue weighted by Crippen LogP contribution is -2.39. The minimum atomic E-state index is -0.507. The number of hydrogen-bond donors (Lipinski definition) is 5. The molecule has 5 N–H and O–H groups in total. The van der Waals surface area contributed by atoms with Crippen LogP contribution in [0.15, 0.2) is 85.2 Å². The molecule has 2 fully saturated rings. The Labute approximate surface area is 399 Å². The zero-order valence-electron chi connectivity index (χ0n) is 38.4. The number of aliphatic hydroxyl groups excluding tert-OH is 2. The largest absolute Gasteiger partial charge is 0.457 e. The zero-order valence-corrected chi connectivity index (χ0v) is 40.0. The molecule has 4 aliphatic rings. The van der Waals surface area contributed by atoms with Gasteiger partial charge in [0.15, 0.2) is 10.3 Å². The highest BCUT2D eigenvalue weighted by atomic mass is 32.1. The quantitative estimate of drug-likeness (QED) is 0.0878. The van der Waals surface area contributed by atoms with Crippen LogP contribution >= 0.6 is 22.7 Å². The Hall–Kier alpha value is -5.65. The van der Waals surface area contributed by atoms with Crippen molar-refractivity contribution in [1.29, 1.82) is 0 Å². The van der Waals surface area contributed by atoms with Crippen molar-refractivity contribution in [3.63, 3.8) is 0 Å². The van der Waals surface area contributed by atoms with Gasteiger partial charge >= 0.3 is 6.09 Å². The van der Waals surface area contributed by atoms with Crippen LogP contribution in [-0.4, -0.2) is 97.2 Å². The van der Waals surface area contributed by atoms with Crippen LogP contribution < -0.4 is 25.4 Å². The standard InChI is InChI=1S/C28H34N4O4S.C23H26N4O2S/c1-28(2,3)36-27(34)32-14-11-18(12-15-32)23-16-20(10-13-29-23)35-19-8-9-22-25(17-19)37-26(31-22)30-21-6-4-5-7-24(21)33;28-21-4-2-1-3-18(21)26-23-27-19-6-5-16(14-22(19)30-23)29-17-9-12-25-20(13-17)15-7-10-24-11-8-15/h8-11,13,16-17,21,24,33H,4-7,12,14-15H2,1-3H3,(H,30,31);5-7,9,12-14,18,21,24,28H,1-4,8,10-11H2,(H,26,27)/t21-,24-;18-,21-/m11/s1. The molecular formula is C51H60N8O6S2. The number of anilines is 2. The van der Waals surface area contributed by atoms with Gasteiger partial charge in [0, 0.05) is 56.3 Å². The van der Waals surface area contributed by atoms with E-state index in [1.807, 2.05) is 87.5 Å². The number of nitrogens with one attached hydrogen (secondary N) is 3. The number of hydrogen-bond acceptors (Lipinski definition) is 15. The third-order valence-corrected chi connectivity index (χ3v) is 14.2. The number of carbonyl (C=O) groups is 1. The number of aliphatic hydroxyl groups is 2. The van der Waals surface area contributed by atoms with E-state index in [2.05, 4.69) is 42.0 Å². The highest BCUT2D eigenvalue weighted by Gasteiger charge is 2.27. The molecule has 2 aliphatic heterocycles. The van der Waals surface area contributed by atoms with E-state index in [-0.39, 0.29) is 30.4 Å². The van der Waals surface area contributed by atoms with Crippen molar-refractivity contribution in [2.45, 2.75) is 115 Å². The maximum absolute atomic E-state index is 12.3.